The number of nitrogens with one attached hydrogen (secondary N) is 1. The SMILES string of the molecule is COc1ccc(Br)c(CNCC2CCCO2)c1OCc1ccccc1F. The van der Waals surface area contributed by atoms with E-state index in [1.54, 1.807) is 25.3 Å². The van der Waals surface area contributed by atoms with Crippen molar-refractivity contribution in [3.63, 3.8) is 0 Å². The van der Waals surface area contributed by atoms with Crippen LogP contribution in [0.25, 0.3) is 0 Å². The molecule has 0 aromatic heterocycles. The zero-order chi connectivity index (χ0) is 18.4. The molecule has 6 heteroatoms. The summed E-state index contributed by atoms with van der Waals surface area (Å²) >= 11 is 3.58. The molecule has 1 unspecified atom stereocenters. The molecule has 1 aliphatic rings. The van der Waals surface area contributed by atoms with E-state index in [1.807, 2.05) is 12.1 Å². The molecular weight excluding hydrogens is 401 g/mol. The van der Waals surface area contributed by atoms with Crippen molar-refractivity contribution in [2.75, 3.05) is 20.3 Å². The van der Waals surface area contributed by atoms with Crippen molar-refractivity contribution < 1.29 is 18.6 Å². The Labute approximate surface area is 161 Å². The van der Waals surface area contributed by atoms with Gasteiger partial charge in [-0.15, -0.1) is 0 Å². The molecule has 3 rings (SSSR count). The van der Waals surface area contributed by atoms with Gasteiger partial charge >= 0.3 is 0 Å². The van der Waals surface area contributed by atoms with Gasteiger partial charge in [-0.2, -0.15) is 0 Å². The number of ether oxygens (including phenoxy) is 3. The number of hydrogen-bond donors (Lipinski definition) is 1. The maximum absolute atomic E-state index is 13.9. The third-order valence-corrected chi connectivity index (χ3v) is 5.16. The fraction of sp³-hybridized carbons (Fsp3) is 0.400. The molecule has 0 bridgehead atoms. The van der Waals surface area contributed by atoms with Crippen LogP contribution in [0.4, 0.5) is 4.39 Å². The largest absolute Gasteiger partial charge is 0.493 e. The Hall–Kier alpha value is -1.63. The first kappa shape index (κ1) is 19.1. The highest BCUT2D eigenvalue weighted by molar-refractivity contribution is 9.10. The van der Waals surface area contributed by atoms with E-state index in [-0.39, 0.29) is 18.5 Å². The van der Waals surface area contributed by atoms with Crippen molar-refractivity contribution in [1.29, 1.82) is 0 Å². The van der Waals surface area contributed by atoms with E-state index in [9.17, 15) is 4.39 Å². The summed E-state index contributed by atoms with van der Waals surface area (Å²) in [5.41, 5.74) is 1.45. The molecule has 0 saturated carbocycles. The highest BCUT2D eigenvalue weighted by Crippen LogP contribution is 2.37. The number of methoxy groups -OCH3 is 1. The molecule has 0 radical (unpaired) electrons. The molecule has 0 spiro atoms. The lowest BCUT2D eigenvalue weighted by Gasteiger charge is -2.18. The highest BCUT2D eigenvalue weighted by atomic mass is 79.9. The second-order valence-corrected chi connectivity index (χ2v) is 7.06. The zero-order valence-corrected chi connectivity index (χ0v) is 16.4. The van der Waals surface area contributed by atoms with Crippen LogP contribution >= 0.6 is 15.9 Å². The first-order valence-corrected chi connectivity index (χ1v) is 9.52. The molecule has 0 aliphatic carbocycles. The van der Waals surface area contributed by atoms with Crippen molar-refractivity contribution >= 4 is 15.9 Å². The van der Waals surface area contributed by atoms with Crippen molar-refractivity contribution in [3.8, 4) is 11.5 Å². The first-order chi connectivity index (χ1) is 12.7. The number of rotatable bonds is 8. The Morgan fingerprint density at radius 1 is 1.27 bits per heavy atom. The van der Waals surface area contributed by atoms with E-state index in [1.165, 1.54) is 6.07 Å². The molecule has 2 aromatic carbocycles. The highest BCUT2D eigenvalue weighted by Gasteiger charge is 2.18. The standard InChI is InChI=1S/C20H23BrFNO3/c1-24-19-9-8-17(21)16(12-23-11-15-6-4-10-25-15)20(19)26-13-14-5-2-3-7-18(14)22/h2-3,5,7-9,15,23H,4,6,10-13H2,1H3. The molecule has 1 fully saturated rings. The average Bonchev–Trinajstić information content (AvgIpc) is 3.16. The summed E-state index contributed by atoms with van der Waals surface area (Å²) < 4.78 is 31.9. The second kappa shape index (κ2) is 9.35. The van der Waals surface area contributed by atoms with Crippen molar-refractivity contribution in [1.82, 2.24) is 5.32 Å². The lowest BCUT2D eigenvalue weighted by molar-refractivity contribution is 0.110. The fourth-order valence-electron chi connectivity index (χ4n) is 2.99. The van der Waals surface area contributed by atoms with Crippen LogP contribution < -0.4 is 14.8 Å². The molecular formula is C20H23BrFNO3. The number of benzene rings is 2. The van der Waals surface area contributed by atoms with Crippen LogP contribution in [0, 0.1) is 5.82 Å². The van der Waals surface area contributed by atoms with E-state index in [0.29, 0.717) is 23.6 Å². The Bertz CT molecular complexity index is 735. The van der Waals surface area contributed by atoms with E-state index >= 15 is 0 Å². The molecule has 4 nitrogen and oxygen atoms in total. The Morgan fingerprint density at radius 3 is 2.85 bits per heavy atom. The number of halogens is 2. The van der Waals surface area contributed by atoms with Crippen LogP contribution in [0.3, 0.4) is 0 Å². The minimum atomic E-state index is -0.278. The number of hydrogen-bond acceptors (Lipinski definition) is 4. The predicted molar refractivity (Wildman–Crippen MR) is 102 cm³/mol. The quantitative estimate of drug-likeness (QED) is 0.680. The summed E-state index contributed by atoms with van der Waals surface area (Å²) in [7, 11) is 1.60. The molecule has 1 heterocycles. The average molecular weight is 424 g/mol. The molecule has 140 valence electrons. The molecule has 26 heavy (non-hydrogen) atoms. The lowest BCUT2D eigenvalue weighted by atomic mass is 10.1. The van der Waals surface area contributed by atoms with Crippen LogP contribution in [-0.4, -0.2) is 26.4 Å². The van der Waals surface area contributed by atoms with E-state index in [0.717, 1.165) is 36.0 Å². The zero-order valence-electron chi connectivity index (χ0n) is 14.8. The van der Waals surface area contributed by atoms with Gasteiger partial charge in [0, 0.05) is 35.3 Å². The third kappa shape index (κ3) is 4.75. The van der Waals surface area contributed by atoms with Gasteiger partial charge in [0.2, 0.25) is 0 Å². The van der Waals surface area contributed by atoms with Crippen LogP contribution in [0.15, 0.2) is 40.9 Å². The van der Waals surface area contributed by atoms with Crippen molar-refractivity contribution in [2.24, 2.45) is 0 Å². The summed E-state index contributed by atoms with van der Waals surface area (Å²) in [5, 5.41) is 3.42. The van der Waals surface area contributed by atoms with Gasteiger partial charge in [-0.05, 0) is 31.0 Å². The van der Waals surface area contributed by atoms with Crippen molar-refractivity contribution in [3.05, 3.63) is 57.8 Å². The predicted octanol–water partition coefficient (Wildman–Crippen LogP) is 4.44. The summed E-state index contributed by atoms with van der Waals surface area (Å²) in [4.78, 5) is 0. The molecule has 2 aromatic rings. The van der Waals surface area contributed by atoms with Crippen LogP contribution in [0.1, 0.15) is 24.0 Å². The van der Waals surface area contributed by atoms with Gasteiger partial charge in [0.25, 0.3) is 0 Å². The maximum Gasteiger partial charge on any atom is 0.167 e. The third-order valence-electron chi connectivity index (χ3n) is 4.41. The Morgan fingerprint density at radius 2 is 2.12 bits per heavy atom. The van der Waals surface area contributed by atoms with Gasteiger partial charge in [-0.3, -0.25) is 0 Å². The minimum absolute atomic E-state index is 0.137. The monoisotopic (exact) mass is 423 g/mol. The second-order valence-electron chi connectivity index (χ2n) is 6.20. The van der Waals surface area contributed by atoms with Gasteiger partial charge in [0.15, 0.2) is 11.5 Å². The van der Waals surface area contributed by atoms with Crippen LogP contribution in [0.5, 0.6) is 11.5 Å². The smallest absolute Gasteiger partial charge is 0.167 e. The van der Waals surface area contributed by atoms with Gasteiger partial charge in [0.05, 0.1) is 13.2 Å². The van der Waals surface area contributed by atoms with Gasteiger partial charge < -0.3 is 19.5 Å². The van der Waals surface area contributed by atoms with E-state index in [4.69, 9.17) is 14.2 Å². The topological polar surface area (TPSA) is 39.7 Å². The summed E-state index contributed by atoms with van der Waals surface area (Å²) in [6.45, 7) is 2.37. The minimum Gasteiger partial charge on any atom is -0.493 e. The molecule has 0 amide bonds. The molecule has 1 aliphatic heterocycles. The lowest BCUT2D eigenvalue weighted by Crippen LogP contribution is -2.26. The summed E-state index contributed by atoms with van der Waals surface area (Å²) in [6, 6.07) is 10.4. The van der Waals surface area contributed by atoms with Crippen LogP contribution in [-0.2, 0) is 17.9 Å². The normalized spacial score (nSPS) is 16.7. The van der Waals surface area contributed by atoms with Gasteiger partial charge in [0.1, 0.15) is 12.4 Å². The maximum atomic E-state index is 13.9. The van der Waals surface area contributed by atoms with Crippen LogP contribution in [0.2, 0.25) is 0 Å². The Kier molecular flexibility index (Phi) is 6.88. The fourth-order valence-corrected chi connectivity index (χ4v) is 3.45. The first-order valence-electron chi connectivity index (χ1n) is 8.73. The molecule has 1 saturated heterocycles. The van der Waals surface area contributed by atoms with Gasteiger partial charge in [-0.25, -0.2) is 4.39 Å². The summed E-state index contributed by atoms with van der Waals surface area (Å²) in [6.07, 6.45) is 2.47. The molecule has 1 atom stereocenters. The Balaban J connectivity index is 1.73. The van der Waals surface area contributed by atoms with E-state index < -0.39 is 0 Å². The van der Waals surface area contributed by atoms with Gasteiger partial charge in [-0.1, -0.05) is 34.1 Å². The van der Waals surface area contributed by atoms with Crippen molar-refractivity contribution in [2.45, 2.75) is 32.1 Å². The van der Waals surface area contributed by atoms with E-state index in [2.05, 4.69) is 21.2 Å². The molecule has 1 N–H and O–H groups in total. The summed E-state index contributed by atoms with van der Waals surface area (Å²) in [5.74, 6) is 0.961.